The summed E-state index contributed by atoms with van der Waals surface area (Å²) >= 11 is 0. The van der Waals surface area contributed by atoms with Gasteiger partial charge in [-0.25, -0.2) is 8.78 Å². The Kier molecular flexibility index (Phi) is 4.96. The number of hydrogen-bond donors (Lipinski definition) is 8. The molecule has 4 saturated heterocycles. The summed E-state index contributed by atoms with van der Waals surface area (Å²) in [6, 6.07) is -1.23. The van der Waals surface area contributed by atoms with Crippen molar-refractivity contribution in [2.24, 2.45) is 0 Å². The molecule has 4 atom stereocenters. The Balaban J connectivity index is 1.47. The summed E-state index contributed by atoms with van der Waals surface area (Å²) < 4.78 is 27.7. The molecule has 1 aromatic carbocycles. The molecule has 5 rings (SSSR count). The van der Waals surface area contributed by atoms with Gasteiger partial charge in [0.15, 0.2) is 17.6 Å². The van der Waals surface area contributed by atoms with E-state index in [0.717, 1.165) is 17.0 Å². The van der Waals surface area contributed by atoms with Gasteiger partial charge >= 0.3 is 0 Å². The van der Waals surface area contributed by atoms with E-state index in [9.17, 15) is 33.4 Å². The molecule has 0 saturated carbocycles. The fourth-order valence-electron chi connectivity index (χ4n) is 5.26. The molecule has 3 amide bonds. The van der Waals surface area contributed by atoms with Crippen molar-refractivity contribution in [2.45, 2.75) is 42.4 Å². The lowest BCUT2D eigenvalue weighted by Gasteiger charge is -2.51. The number of rotatable bonds is 4. The van der Waals surface area contributed by atoms with Crippen molar-refractivity contribution in [1.29, 1.82) is 10.8 Å². The highest BCUT2D eigenvalue weighted by molar-refractivity contribution is 6.02. The quantitative estimate of drug-likeness (QED) is 0.163. The predicted molar refractivity (Wildman–Crippen MR) is 113 cm³/mol. The minimum absolute atomic E-state index is 0.0428. The minimum atomic E-state index is -2.85. The Morgan fingerprint density at radius 3 is 2.54 bits per heavy atom. The first-order chi connectivity index (χ1) is 16.5. The third-order valence-electron chi connectivity index (χ3n) is 6.91. The Morgan fingerprint density at radius 2 is 1.86 bits per heavy atom. The fourth-order valence-corrected chi connectivity index (χ4v) is 5.26. The molecule has 13 nitrogen and oxygen atoms in total. The average molecular weight is 492 g/mol. The zero-order valence-electron chi connectivity index (χ0n) is 18.1. The number of halogens is 2. The summed E-state index contributed by atoms with van der Waals surface area (Å²) in [5.74, 6) is -7.31. The van der Waals surface area contributed by atoms with Crippen LogP contribution in [0, 0.1) is 22.5 Å². The minimum Gasteiger partial charge on any atom is -0.361 e. The smallest absolute Gasteiger partial charge is 0.254 e. The molecule has 0 radical (unpaired) electrons. The lowest BCUT2D eigenvalue weighted by Crippen LogP contribution is -2.81. The van der Waals surface area contributed by atoms with Gasteiger partial charge in [-0.15, -0.1) is 0 Å². The molecule has 1 aromatic rings. The highest BCUT2D eigenvalue weighted by Gasteiger charge is 2.74. The molecular weight excluding hydrogens is 470 g/mol. The standard InChI is InChI=1S/C20H22F2N8O5/c21-8-1-2-10(22)9(5-8)16(33)26-12-7-30-18(24)25-11(6-29-13(31)3-4-14(29)32)15-19(30,20(12,34)35)28-17(23)27-15/h1-2,5,11-12,15,34-35H,3-4,6-7H2,(H2,24,25)(H,26,33)(H3,23,27,28)/t11-,12-,15-,19?/m0/s1. The summed E-state index contributed by atoms with van der Waals surface area (Å²) in [7, 11) is 0. The van der Waals surface area contributed by atoms with Gasteiger partial charge in [-0.2, -0.15) is 0 Å². The zero-order valence-corrected chi connectivity index (χ0v) is 18.1. The Hall–Kier alpha value is -3.85. The summed E-state index contributed by atoms with van der Waals surface area (Å²) in [6.45, 7) is -0.557. The van der Waals surface area contributed by atoms with Crippen molar-refractivity contribution in [3.8, 4) is 0 Å². The predicted octanol–water partition coefficient (Wildman–Crippen LogP) is -2.69. The molecule has 4 heterocycles. The second kappa shape index (κ2) is 7.58. The Bertz CT molecular complexity index is 1160. The molecular formula is C20H22F2N8O5. The van der Waals surface area contributed by atoms with Gasteiger partial charge in [-0.3, -0.25) is 30.1 Å². The van der Waals surface area contributed by atoms with E-state index >= 15 is 0 Å². The molecule has 0 aliphatic carbocycles. The van der Waals surface area contributed by atoms with Crippen molar-refractivity contribution in [2.75, 3.05) is 13.1 Å². The van der Waals surface area contributed by atoms with E-state index in [1.807, 2.05) is 0 Å². The van der Waals surface area contributed by atoms with Crippen molar-refractivity contribution < 1.29 is 33.4 Å². The van der Waals surface area contributed by atoms with E-state index in [0.29, 0.717) is 6.07 Å². The van der Waals surface area contributed by atoms with Gasteiger partial charge in [0, 0.05) is 19.4 Å². The number of nitrogens with zero attached hydrogens (tertiary/aromatic N) is 2. The monoisotopic (exact) mass is 492 g/mol. The zero-order chi connectivity index (χ0) is 25.3. The van der Waals surface area contributed by atoms with Gasteiger partial charge in [-0.1, -0.05) is 0 Å². The van der Waals surface area contributed by atoms with E-state index in [4.69, 9.17) is 10.8 Å². The van der Waals surface area contributed by atoms with Crippen LogP contribution in [0.3, 0.4) is 0 Å². The number of aliphatic hydroxyl groups is 2. The van der Waals surface area contributed by atoms with Crippen LogP contribution >= 0.6 is 0 Å². The first-order valence-electron chi connectivity index (χ1n) is 10.8. The third-order valence-corrected chi connectivity index (χ3v) is 6.91. The number of hydrogen-bond acceptors (Lipinski definition) is 7. The Morgan fingerprint density at radius 1 is 1.17 bits per heavy atom. The maximum Gasteiger partial charge on any atom is 0.254 e. The largest absolute Gasteiger partial charge is 0.361 e. The SMILES string of the molecule is N=C1N[C@H]2[C@H](CN3C(=O)CCC3=O)NC(=N)N3C[C@H](NC(=O)c4cc(F)ccc4F)C(O)(O)C23N1. The Labute approximate surface area is 196 Å². The number of imide groups is 1. The van der Waals surface area contributed by atoms with Gasteiger partial charge in [0.05, 0.1) is 24.2 Å². The van der Waals surface area contributed by atoms with Crippen LogP contribution in [0.1, 0.15) is 23.2 Å². The number of benzene rings is 1. The van der Waals surface area contributed by atoms with Crippen LogP contribution in [0.2, 0.25) is 0 Å². The van der Waals surface area contributed by atoms with Gasteiger partial charge in [0.2, 0.25) is 17.6 Å². The van der Waals surface area contributed by atoms with Gasteiger partial charge in [-0.05, 0) is 18.2 Å². The number of guanidine groups is 2. The van der Waals surface area contributed by atoms with Crippen LogP contribution in [0.15, 0.2) is 18.2 Å². The summed E-state index contributed by atoms with van der Waals surface area (Å²) in [5, 5.41) is 49.6. The molecule has 186 valence electrons. The van der Waals surface area contributed by atoms with Crippen LogP contribution < -0.4 is 21.3 Å². The first kappa shape index (κ1) is 22.9. The van der Waals surface area contributed by atoms with E-state index in [-0.39, 0.29) is 37.9 Å². The van der Waals surface area contributed by atoms with Gasteiger partial charge in [0.1, 0.15) is 17.7 Å². The number of amides is 3. The molecule has 15 heteroatoms. The van der Waals surface area contributed by atoms with Crippen LogP contribution in [-0.4, -0.2) is 92.3 Å². The summed E-state index contributed by atoms with van der Waals surface area (Å²) in [5.41, 5.74) is -2.62. The lowest BCUT2D eigenvalue weighted by atomic mass is 9.84. The van der Waals surface area contributed by atoms with Crippen LogP contribution in [0.5, 0.6) is 0 Å². The van der Waals surface area contributed by atoms with Gasteiger partial charge in [0.25, 0.3) is 5.91 Å². The number of likely N-dealkylation sites (tertiary alicyclic amines) is 1. The normalized spacial score (nSPS) is 31.0. The summed E-state index contributed by atoms with van der Waals surface area (Å²) in [4.78, 5) is 39.2. The summed E-state index contributed by atoms with van der Waals surface area (Å²) in [6.07, 6.45) is 0.0855. The van der Waals surface area contributed by atoms with Crippen LogP contribution in [0.4, 0.5) is 8.78 Å². The molecule has 4 aliphatic rings. The lowest BCUT2D eigenvalue weighted by molar-refractivity contribution is -0.232. The second-order valence-electron chi connectivity index (χ2n) is 8.87. The topological polar surface area (TPSA) is 194 Å². The van der Waals surface area contributed by atoms with Gasteiger partial charge < -0.3 is 36.4 Å². The van der Waals surface area contributed by atoms with Crippen molar-refractivity contribution in [3.63, 3.8) is 0 Å². The van der Waals surface area contributed by atoms with Crippen molar-refractivity contribution >= 4 is 29.6 Å². The van der Waals surface area contributed by atoms with Crippen LogP contribution in [0.25, 0.3) is 0 Å². The van der Waals surface area contributed by atoms with E-state index in [2.05, 4.69) is 21.3 Å². The van der Waals surface area contributed by atoms with Crippen molar-refractivity contribution in [1.82, 2.24) is 31.1 Å². The highest BCUT2D eigenvalue weighted by atomic mass is 19.1. The van der Waals surface area contributed by atoms with E-state index in [1.165, 1.54) is 4.90 Å². The highest BCUT2D eigenvalue weighted by Crippen LogP contribution is 2.43. The first-order valence-corrected chi connectivity index (χ1v) is 10.8. The fraction of sp³-hybridized carbons (Fsp3) is 0.450. The molecule has 35 heavy (non-hydrogen) atoms. The molecule has 4 fully saturated rings. The number of carbonyl (C=O) groups is 3. The van der Waals surface area contributed by atoms with Crippen molar-refractivity contribution in [3.05, 3.63) is 35.4 Å². The van der Waals surface area contributed by atoms with E-state index < -0.39 is 64.5 Å². The van der Waals surface area contributed by atoms with Crippen LogP contribution in [-0.2, 0) is 9.59 Å². The second-order valence-corrected chi connectivity index (χ2v) is 8.87. The third kappa shape index (κ3) is 3.22. The molecule has 0 bridgehead atoms. The molecule has 0 aromatic heterocycles. The number of nitrogens with one attached hydrogen (secondary N) is 6. The molecule has 4 aliphatic heterocycles. The molecule has 8 N–H and O–H groups in total. The maximum absolute atomic E-state index is 14.1. The molecule has 1 unspecified atom stereocenters. The number of carbonyl (C=O) groups excluding carboxylic acids is 3. The maximum atomic E-state index is 14.1. The average Bonchev–Trinajstić information content (AvgIpc) is 3.38. The van der Waals surface area contributed by atoms with E-state index in [1.54, 1.807) is 0 Å². The molecule has 1 spiro atoms.